The van der Waals surface area contributed by atoms with E-state index in [1.807, 2.05) is 25.2 Å². The zero-order valence-electron chi connectivity index (χ0n) is 10.0. The van der Waals surface area contributed by atoms with Crippen LogP contribution in [0.2, 0.25) is 0 Å². The Kier molecular flexibility index (Phi) is 5.40. The predicted molar refractivity (Wildman–Crippen MR) is 73.2 cm³/mol. The highest BCUT2D eigenvalue weighted by Gasteiger charge is 2.31. The number of allylic oxidation sites excluding steroid dienone is 4. The van der Waals surface area contributed by atoms with E-state index in [-0.39, 0.29) is 0 Å². The molecule has 1 fully saturated rings. The number of hydrogen-bond acceptors (Lipinski definition) is 2. The van der Waals surface area contributed by atoms with Gasteiger partial charge in [0.1, 0.15) is 0 Å². The van der Waals surface area contributed by atoms with Crippen LogP contribution in [0.1, 0.15) is 26.2 Å². The van der Waals surface area contributed by atoms with Crippen LogP contribution in [0.4, 0.5) is 0 Å². The van der Waals surface area contributed by atoms with Gasteiger partial charge in [0.15, 0.2) is 0 Å². The summed E-state index contributed by atoms with van der Waals surface area (Å²) in [4.78, 5) is 0. The van der Waals surface area contributed by atoms with E-state index in [1.54, 1.807) is 6.08 Å². The van der Waals surface area contributed by atoms with Crippen molar-refractivity contribution in [2.75, 3.05) is 13.1 Å². The molecule has 1 N–H and O–H groups in total. The fourth-order valence-corrected chi connectivity index (χ4v) is 2.29. The highest BCUT2D eigenvalue weighted by molar-refractivity contribution is 7.13. The normalized spacial score (nSPS) is 22.6. The molecule has 1 rings (SSSR count). The Morgan fingerprint density at radius 3 is 2.62 bits per heavy atom. The topological polar surface area (TPSA) is 23.5 Å². The van der Waals surface area contributed by atoms with Crippen molar-refractivity contribution in [2.45, 2.75) is 31.8 Å². The van der Waals surface area contributed by atoms with E-state index in [1.165, 1.54) is 0 Å². The molecule has 90 valence electrons. The number of piperidine rings is 1. The monoisotopic (exact) mass is 239 g/mol. The van der Waals surface area contributed by atoms with Crippen molar-refractivity contribution in [3.05, 3.63) is 36.5 Å². The molecular weight excluding hydrogens is 217 g/mol. The standard InChI is InChI=1S/C13H22NOP/c1-3-5-12(6-4-2)11-13(15)7-9-14(16)10-8-13/h3-6,15H,1,7-11,16H2,2H3/b6-4-,12-5+. The SMILES string of the molecule is C=C/C=C(\C=C/C)CC1(O)CCN(P)CC1. The van der Waals surface area contributed by atoms with Gasteiger partial charge in [-0.1, -0.05) is 40.3 Å². The lowest BCUT2D eigenvalue weighted by Crippen LogP contribution is -2.40. The molecule has 0 aromatic heterocycles. The maximum Gasteiger partial charge on any atom is 0.0712 e. The molecule has 0 aromatic carbocycles. The minimum Gasteiger partial charge on any atom is -0.389 e. The predicted octanol–water partition coefficient (Wildman–Crippen LogP) is 2.68. The maximum atomic E-state index is 10.5. The van der Waals surface area contributed by atoms with Gasteiger partial charge in [-0.15, -0.1) is 0 Å². The molecule has 0 radical (unpaired) electrons. The third kappa shape index (κ3) is 4.21. The Hall–Kier alpha value is -0.430. The van der Waals surface area contributed by atoms with Gasteiger partial charge in [-0.05, 0) is 25.3 Å². The average Bonchev–Trinajstić information content (AvgIpc) is 2.24. The van der Waals surface area contributed by atoms with Crippen LogP contribution in [0.5, 0.6) is 0 Å². The molecule has 1 unspecified atom stereocenters. The fraction of sp³-hybridized carbons (Fsp3) is 0.538. The molecule has 1 aliphatic rings. The lowest BCUT2D eigenvalue weighted by Gasteiger charge is -2.36. The Morgan fingerprint density at radius 1 is 1.50 bits per heavy atom. The summed E-state index contributed by atoms with van der Waals surface area (Å²) < 4.78 is 2.18. The van der Waals surface area contributed by atoms with Crippen LogP contribution in [0.15, 0.2) is 36.5 Å². The van der Waals surface area contributed by atoms with Crippen LogP contribution < -0.4 is 0 Å². The molecule has 0 aromatic rings. The quantitative estimate of drug-likeness (QED) is 0.602. The zero-order valence-corrected chi connectivity index (χ0v) is 11.2. The van der Waals surface area contributed by atoms with Gasteiger partial charge in [-0.3, -0.25) is 4.67 Å². The molecular formula is C13H22NOP. The van der Waals surface area contributed by atoms with Crippen LogP contribution in [0, 0.1) is 0 Å². The lowest BCUT2D eigenvalue weighted by molar-refractivity contribution is -0.00233. The van der Waals surface area contributed by atoms with E-state index < -0.39 is 5.60 Å². The van der Waals surface area contributed by atoms with Crippen LogP contribution >= 0.6 is 9.39 Å². The van der Waals surface area contributed by atoms with Crippen molar-refractivity contribution < 1.29 is 5.11 Å². The fourth-order valence-electron chi connectivity index (χ4n) is 2.04. The summed E-state index contributed by atoms with van der Waals surface area (Å²) in [5, 5.41) is 10.5. The number of nitrogens with zero attached hydrogens (tertiary/aromatic N) is 1. The molecule has 1 atom stereocenters. The van der Waals surface area contributed by atoms with Gasteiger partial charge in [0, 0.05) is 19.5 Å². The number of hydrogen-bond donors (Lipinski definition) is 1. The van der Waals surface area contributed by atoms with Gasteiger partial charge in [-0.2, -0.15) is 0 Å². The van der Waals surface area contributed by atoms with E-state index in [0.717, 1.165) is 37.9 Å². The maximum absolute atomic E-state index is 10.5. The van der Waals surface area contributed by atoms with Crippen LogP contribution in [0.25, 0.3) is 0 Å². The van der Waals surface area contributed by atoms with Crippen molar-refractivity contribution in [1.29, 1.82) is 0 Å². The van der Waals surface area contributed by atoms with Gasteiger partial charge >= 0.3 is 0 Å². The molecule has 0 amide bonds. The second kappa shape index (κ2) is 6.34. The van der Waals surface area contributed by atoms with Gasteiger partial charge in [0.2, 0.25) is 0 Å². The summed E-state index contributed by atoms with van der Waals surface area (Å²) in [5.41, 5.74) is 0.610. The van der Waals surface area contributed by atoms with Crippen LogP contribution in [0.3, 0.4) is 0 Å². The third-order valence-electron chi connectivity index (χ3n) is 2.97. The van der Waals surface area contributed by atoms with E-state index in [2.05, 4.69) is 20.6 Å². The van der Waals surface area contributed by atoms with Crippen molar-refractivity contribution in [3.8, 4) is 0 Å². The Bertz CT molecular complexity index is 288. The Labute approximate surface area is 101 Å². The van der Waals surface area contributed by atoms with Crippen molar-refractivity contribution in [3.63, 3.8) is 0 Å². The lowest BCUT2D eigenvalue weighted by atomic mass is 9.85. The summed E-state index contributed by atoms with van der Waals surface area (Å²) in [5.74, 6) is 0. The molecule has 0 aliphatic carbocycles. The van der Waals surface area contributed by atoms with Crippen molar-refractivity contribution >= 4 is 9.39 Å². The Morgan fingerprint density at radius 2 is 2.12 bits per heavy atom. The molecule has 0 spiro atoms. The first-order valence-corrected chi connectivity index (χ1v) is 6.27. The van der Waals surface area contributed by atoms with Crippen molar-refractivity contribution in [2.24, 2.45) is 0 Å². The van der Waals surface area contributed by atoms with Gasteiger partial charge in [-0.25, -0.2) is 0 Å². The number of aliphatic hydroxyl groups is 1. The van der Waals surface area contributed by atoms with Gasteiger partial charge in [0.25, 0.3) is 0 Å². The first-order valence-electron chi connectivity index (χ1n) is 5.76. The first-order chi connectivity index (χ1) is 7.59. The minimum absolute atomic E-state index is 0.540. The molecule has 0 bridgehead atoms. The summed E-state index contributed by atoms with van der Waals surface area (Å²) in [6, 6.07) is 0. The molecule has 3 heteroatoms. The highest BCUT2D eigenvalue weighted by atomic mass is 31.0. The molecule has 2 nitrogen and oxygen atoms in total. The van der Waals surface area contributed by atoms with Gasteiger partial charge < -0.3 is 5.11 Å². The van der Waals surface area contributed by atoms with Crippen LogP contribution in [-0.2, 0) is 0 Å². The van der Waals surface area contributed by atoms with Crippen LogP contribution in [-0.4, -0.2) is 28.5 Å². The Balaban J connectivity index is 2.63. The average molecular weight is 239 g/mol. The third-order valence-corrected chi connectivity index (χ3v) is 3.49. The summed E-state index contributed by atoms with van der Waals surface area (Å²) >= 11 is 0. The largest absolute Gasteiger partial charge is 0.389 e. The van der Waals surface area contributed by atoms with Crippen molar-refractivity contribution in [1.82, 2.24) is 4.67 Å². The summed E-state index contributed by atoms with van der Waals surface area (Å²) in [7, 11) is 2.70. The molecule has 16 heavy (non-hydrogen) atoms. The minimum atomic E-state index is -0.540. The molecule has 1 heterocycles. The zero-order chi connectivity index (χ0) is 12.0. The summed E-state index contributed by atoms with van der Waals surface area (Å²) in [6.45, 7) is 7.59. The van der Waals surface area contributed by atoms with E-state index in [9.17, 15) is 5.11 Å². The van der Waals surface area contributed by atoms with E-state index >= 15 is 0 Å². The first kappa shape index (κ1) is 13.6. The van der Waals surface area contributed by atoms with E-state index in [0.29, 0.717) is 0 Å². The molecule has 1 saturated heterocycles. The second-order valence-electron chi connectivity index (χ2n) is 4.41. The molecule has 0 saturated carbocycles. The van der Waals surface area contributed by atoms with Gasteiger partial charge in [0.05, 0.1) is 5.60 Å². The second-order valence-corrected chi connectivity index (χ2v) is 5.14. The molecule has 1 aliphatic heterocycles. The number of rotatable bonds is 4. The smallest absolute Gasteiger partial charge is 0.0712 e. The summed E-state index contributed by atoms with van der Waals surface area (Å²) in [6.07, 6.45) is 10.2. The van der Waals surface area contributed by atoms with E-state index in [4.69, 9.17) is 0 Å². The highest BCUT2D eigenvalue weighted by Crippen LogP contribution is 2.30.